The summed E-state index contributed by atoms with van der Waals surface area (Å²) in [6.07, 6.45) is 4.89. The number of carbonyl (C=O) groups is 1. The summed E-state index contributed by atoms with van der Waals surface area (Å²) in [5.74, 6) is 0.0471. The molecule has 0 spiro atoms. The number of esters is 1. The fourth-order valence-corrected chi connectivity index (χ4v) is 3.44. The van der Waals surface area contributed by atoms with Crippen molar-refractivity contribution in [1.29, 1.82) is 0 Å². The molecule has 0 aliphatic rings. The topological polar surface area (TPSA) is 53.4 Å². The van der Waals surface area contributed by atoms with Crippen molar-refractivity contribution in [3.63, 3.8) is 0 Å². The molecule has 0 aliphatic heterocycles. The van der Waals surface area contributed by atoms with Crippen molar-refractivity contribution in [2.45, 2.75) is 20.1 Å². The van der Waals surface area contributed by atoms with Crippen molar-refractivity contribution in [2.75, 3.05) is 6.61 Å². The van der Waals surface area contributed by atoms with E-state index in [1.165, 1.54) is 18.2 Å². The molecule has 0 saturated carbocycles. The van der Waals surface area contributed by atoms with Gasteiger partial charge in [0, 0.05) is 23.4 Å². The highest BCUT2D eigenvalue weighted by atomic mass is 19.1. The van der Waals surface area contributed by atoms with Crippen molar-refractivity contribution in [1.82, 2.24) is 9.78 Å². The third-order valence-electron chi connectivity index (χ3n) is 5.11. The van der Waals surface area contributed by atoms with Gasteiger partial charge in [-0.25, -0.2) is 9.18 Å². The monoisotopic (exact) mass is 456 g/mol. The van der Waals surface area contributed by atoms with E-state index in [1.54, 1.807) is 29.8 Å². The van der Waals surface area contributed by atoms with Crippen molar-refractivity contribution in [3.8, 4) is 17.0 Å². The highest BCUT2D eigenvalue weighted by Crippen LogP contribution is 2.24. The van der Waals surface area contributed by atoms with E-state index < -0.39 is 5.97 Å². The maximum absolute atomic E-state index is 13.4. The van der Waals surface area contributed by atoms with Gasteiger partial charge in [0.15, 0.2) is 0 Å². The lowest BCUT2D eigenvalue weighted by atomic mass is 10.1. The summed E-state index contributed by atoms with van der Waals surface area (Å²) in [7, 11) is 0. The van der Waals surface area contributed by atoms with Crippen LogP contribution in [-0.4, -0.2) is 22.4 Å². The zero-order valence-electron chi connectivity index (χ0n) is 18.9. The molecule has 0 atom stereocenters. The molecule has 0 saturated heterocycles. The first-order valence-corrected chi connectivity index (χ1v) is 11.0. The minimum atomic E-state index is -0.425. The molecule has 4 aromatic rings. The predicted octanol–water partition coefficient (Wildman–Crippen LogP) is 5.89. The average Bonchev–Trinajstić information content (AvgIpc) is 3.26. The molecule has 0 amide bonds. The first-order valence-electron chi connectivity index (χ1n) is 11.0. The zero-order chi connectivity index (χ0) is 23.8. The standard InChI is InChI=1S/C28H25FN2O3/c1-2-33-27(32)17-12-24-19-31(30-28(24)23-10-13-25(29)14-11-23)18-21-8-15-26(16-9-21)34-20-22-6-4-3-5-7-22/h3-17,19H,2,18,20H2,1H3. The van der Waals surface area contributed by atoms with E-state index in [1.807, 2.05) is 60.8 Å². The van der Waals surface area contributed by atoms with E-state index in [4.69, 9.17) is 9.47 Å². The second-order valence-corrected chi connectivity index (χ2v) is 7.64. The van der Waals surface area contributed by atoms with Crippen LogP contribution in [0.1, 0.15) is 23.6 Å². The summed E-state index contributed by atoms with van der Waals surface area (Å²) in [5.41, 5.74) is 4.31. The highest BCUT2D eigenvalue weighted by molar-refractivity contribution is 5.88. The molecular weight excluding hydrogens is 431 g/mol. The van der Waals surface area contributed by atoms with Gasteiger partial charge in [0.25, 0.3) is 0 Å². The first-order chi connectivity index (χ1) is 16.6. The van der Waals surface area contributed by atoms with Crippen LogP contribution in [0.3, 0.4) is 0 Å². The Morgan fingerprint density at radius 1 is 0.971 bits per heavy atom. The van der Waals surface area contributed by atoms with Crippen LogP contribution in [-0.2, 0) is 22.7 Å². The molecule has 34 heavy (non-hydrogen) atoms. The lowest BCUT2D eigenvalue weighted by molar-refractivity contribution is -0.137. The predicted molar refractivity (Wildman–Crippen MR) is 130 cm³/mol. The maximum atomic E-state index is 13.4. The van der Waals surface area contributed by atoms with Gasteiger partial charge in [-0.2, -0.15) is 5.10 Å². The van der Waals surface area contributed by atoms with E-state index in [0.29, 0.717) is 25.5 Å². The number of carbonyl (C=O) groups excluding carboxylic acids is 1. The van der Waals surface area contributed by atoms with E-state index in [9.17, 15) is 9.18 Å². The van der Waals surface area contributed by atoms with Crippen LogP contribution in [0.5, 0.6) is 5.75 Å². The zero-order valence-corrected chi connectivity index (χ0v) is 18.9. The van der Waals surface area contributed by atoms with Crippen LogP contribution in [0, 0.1) is 5.82 Å². The number of halogens is 1. The van der Waals surface area contributed by atoms with E-state index in [2.05, 4.69) is 5.10 Å². The van der Waals surface area contributed by atoms with Crippen LogP contribution in [0.4, 0.5) is 4.39 Å². The van der Waals surface area contributed by atoms with Crippen LogP contribution in [0.15, 0.2) is 91.1 Å². The van der Waals surface area contributed by atoms with Gasteiger partial charge in [0.1, 0.15) is 18.2 Å². The van der Waals surface area contributed by atoms with Crippen molar-refractivity contribution in [2.24, 2.45) is 0 Å². The van der Waals surface area contributed by atoms with E-state index in [0.717, 1.165) is 28.0 Å². The van der Waals surface area contributed by atoms with Gasteiger partial charge in [-0.05, 0) is 60.5 Å². The third kappa shape index (κ3) is 6.19. The van der Waals surface area contributed by atoms with Gasteiger partial charge >= 0.3 is 5.97 Å². The minimum Gasteiger partial charge on any atom is -0.489 e. The normalized spacial score (nSPS) is 11.0. The summed E-state index contributed by atoms with van der Waals surface area (Å²) in [5, 5.41) is 4.69. The second-order valence-electron chi connectivity index (χ2n) is 7.64. The number of benzene rings is 3. The van der Waals surface area contributed by atoms with Crippen LogP contribution < -0.4 is 4.74 Å². The Kier molecular flexibility index (Phi) is 7.50. The lowest BCUT2D eigenvalue weighted by Crippen LogP contribution is -2.01. The number of nitrogens with zero attached hydrogens (tertiary/aromatic N) is 2. The molecule has 0 unspecified atom stereocenters. The van der Waals surface area contributed by atoms with Gasteiger partial charge in [-0.15, -0.1) is 0 Å². The Bertz CT molecular complexity index is 1250. The maximum Gasteiger partial charge on any atom is 0.330 e. The molecule has 0 N–H and O–H groups in total. The quantitative estimate of drug-likeness (QED) is 0.233. The molecule has 0 bridgehead atoms. The largest absolute Gasteiger partial charge is 0.489 e. The number of hydrogen-bond donors (Lipinski definition) is 0. The Labute approximate surface area is 198 Å². The summed E-state index contributed by atoms with van der Waals surface area (Å²) in [6, 6.07) is 24.0. The lowest BCUT2D eigenvalue weighted by Gasteiger charge is -2.07. The van der Waals surface area contributed by atoms with Crippen LogP contribution >= 0.6 is 0 Å². The Hall–Kier alpha value is -4.19. The fraction of sp³-hybridized carbons (Fsp3) is 0.143. The number of hydrogen-bond acceptors (Lipinski definition) is 4. The van der Waals surface area contributed by atoms with Crippen molar-refractivity contribution < 1.29 is 18.7 Å². The van der Waals surface area contributed by atoms with Crippen LogP contribution in [0.2, 0.25) is 0 Å². The smallest absolute Gasteiger partial charge is 0.330 e. The van der Waals surface area contributed by atoms with Gasteiger partial charge in [0.2, 0.25) is 0 Å². The highest BCUT2D eigenvalue weighted by Gasteiger charge is 2.11. The molecule has 5 nitrogen and oxygen atoms in total. The fourth-order valence-electron chi connectivity index (χ4n) is 3.44. The van der Waals surface area contributed by atoms with Crippen molar-refractivity contribution >= 4 is 12.0 Å². The second kappa shape index (κ2) is 11.1. The molecule has 6 heteroatoms. The molecule has 4 rings (SSSR count). The summed E-state index contributed by atoms with van der Waals surface area (Å²) in [6.45, 7) is 3.10. The van der Waals surface area contributed by atoms with Gasteiger partial charge < -0.3 is 9.47 Å². The van der Waals surface area contributed by atoms with Gasteiger partial charge in [-0.3, -0.25) is 4.68 Å². The Morgan fingerprint density at radius 2 is 1.71 bits per heavy atom. The SMILES string of the molecule is CCOC(=O)C=Cc1cn(Cc2ccc(OCc3ccccc3)cc2)nc1-c1ccc(F)cc1. The molecule has 0 fully saturated rings. The number of rotatable bonds is 9. The molecule has 1 heterocycles. The summed E-state index contributed by atoms with van der Waals surface area (Å²) in [4.78, 5) is 11.8. The molecule has 1 aromatic heterocycles. The molecular formula is C28H25FN2O3. The molecule has 0 aliphatic carbocycles. The average molecular weight is 457 g/mol. The Morgan fingerprint density at radius 3 is 2.41 bits per heavy atom. The molecule has 3 aromatic carbocycles. The van der Waals surface area contributed by atoms with E-state index >= 15 is 0 Å². The molecule has 172 valence electrons. The molecule has 0 radical (unpaired) electrons. The number of aromatic nitrogens is 2. The van der Waals surface area contributed by atoms with Crippen LogP contribution in [0.25, 0.3) is 17.3 Å². The van der Waals surface area contributed by atoms with Gasteiger partial charge in [-0.1, -0.05) is 42.5 Å². The van der Waals surface area contributed by atoms with Crippen molar-refractivity contribution in [3.05, 3.63) is 114 Å². The third-order valence-corrected chi connectivity index (χ3v) is 5.11. The number of ether oxygens (including phenoxy) is 2. The van der Waals surface area contributed by atoms with E-state index in [-0.39, 0.29) is 5.82 Å². The van der Waals surface area contributed by atoms with Gasteiger partial charge in [0.05, 0.1) is 18.8 Å². The first kappa shape index (κ1) is 23.0. The summed E-state index contributed by atoms with van der Waals surface area (Å²) >= 11 is 0. The summed E-state index contributed by atoms with van der Waals surface area (Å²) < 4.78 is 26.0. The Balaban J connectivity index is 1.50. The minimum absolute atomic E-state index is 0.304.